The maximum atomic E-state index is 14.7. The molecular weight excluding hydrogens is 524 g/mol. The van der Waals surface area contributed by atoms with Crippen LogP contribution in [0.15, 0.2) is 84.1 Å². The molecule has 1 aromatic heterocycles. The zero-order chi connectivity index (χ0) is 29.6. The van der Waals surface area contributed by atoms with Crippen LogP contribution in [0, 0.1) is 11.8 Å². The number of Topliss-reactive ketones (excluding diaryl/α,β-unsaturated/α-hetero) is 3. The maximum absolute atomic E-state index is 14.7. The van der Waals surface area contributed by atoms with Crippen LogP contribution in [0.5, 0.6) is 0 Å². The quantitative estimate of drug-likeness (QED) is 0.218. The maximum Gasteiger partial charge on any atom is 0.228 e. The Bertz CT molecular complexity index is 1780. The van der Waals surface area contributed by atoms with Crippen LogP contribution in [0.2, 0.25) is 0 Å². The van der Waals surface area contributed by atoms with Crippen LogP contribution < -0.4 is 0 Å². The van der Waals surface area contributed by atoms with Gasteiger partial charge in [-0.2, -0.15) is 0 Å². The Morgan fingerprint density at radius 1 is 0.667 bits per heavy atom. The van der Waals surface area contributed by atoms with Gasteiger partial charge in [-0.25, -0.2) is 9.97 Å². The number of benzene rings is 3. The molecule has 0 aliphatic heterocycles. The molecule has 0 saturated heterocycles. The Kier molecular flexibility index (Phi) is 7.09. The molecule has 6 nitrogen and oxygen atoms in total. The minimum atomic E-state index is -1.63. The Labute approximate surface area is 245 Å². The Morgan fingerprint density at radius 2 is 1.21 bits per heavy atom. The molecule has 0 radical (unpaired) electrons. The molecular formula is C36H34N2O4. The van der Waals surface area contributed by atoms with Gasteiger partial charge in [-0.3, -0.25) is 14.4 Å². The third-order valence-corrected chi connectivity index (χ3v) is 8.24. The summed E-state index contributed by atoms with van der Waals surface area (Å²) in [5.41, 5.74) is 2.79. The van der Waals surface area contributed by atoms with Gasteiger partial charge < -0.3 is 4.74 Å². The number of ketones is 3. The van der Waals surface area contributed by atoms with Gasteiger partial charge in [0, 0.05) is 34.2 Å². The second-order valence-electron chi connectivity index (χ2n) is 12.1. The van der Waals surface area contributed by atoms with E-state index in [2.05, 4.69) is 27.7 Å². The van der Waals surface area contributed by atoms with Gasteiger partial charge in [0.05, 0.1) is 16.7 Å². The minimum Gasteiger partial charge on any atom is -0.468 e. The SMILES string of the molecule is CC(C)CCC1=C(OC2(CCC(C)C)C(=O)c3ccccc3-c3nc4ccccc4nc32)C(=O)c2ccccc2C1=O. The first-order valence-corrected chi connectivity index (χ1v) is 14.7. The van der Waals surface area contributed by atoms with E-state index in [0.29, 0.717) is 75.4 Å². The molecule has 0 amide bonds. The summed E-state index contributed by atoms with van der Waals surface area (Å²) in [5.74, 6) is -0.383. The lowest BCUT2D eigenvalue weighted by Crippen LogP contribution is -2.45. The number of hydrogen-bond donors (Lipinski definition) is 0. The normalized spacial score (nSPS) is 18.0. The summed E-state index contributed by atoms with van der Waals surface area (Å²) < 4.78 is 6.86. The standard InChI is InChI=1S/C36H34N2O4/c1-21(2)17-18-27-31(39)24-12-6-7-13-25(24)32(40)33(27)42-36(20-19-22(3)4)34-30(23-11-5-8-14-26(23)35(36)41)37-28-15-9-10-16-29(28)38-34/h5-16,21-22H,17-20H2,1-4H3. The summed E-state index contributed by atoms with van der Waals surface area (Å²) in [7, 11) is 0. The summed E-state index contributed by atoms with van der Waals surface area (Å²) in [6, 6.07) is 21.7. The Morgan fingerprint density at radius 3 is 1.86 bits per heavy atom. The molecule has 0 N–H and O–H groups in total. The number of fused-ring (bicyclic) bond motifs is 5. The van der Waals surface area contributed by atoms with E-state index in [1.807, 2.05) is 42.5 Å². The van der Waals surface area contributed by atoms with E-state index in [-0.39, 0.29) is 35.4 Å². The average Bonchev–Trinajstić information content (AvgIpc) is 2.99. The van der Waals surface area contributed by atoms with Gasteiger partial charge in [-0.1, -0.05) is 88.4 Å². The van der Waals surface area contributed by atoms with Crippen molar-refractivity contribution in [2.45, 2.75) is 59.0 Å². The van der Waals surface area contributed by atoms with E-state index in [0.717, 1.165) is 0 Å². The second kappa shape index (κ2) is 10.8. The van der Waals surface area contributed by atoms with E-state index >= 15 is 0 Å². The average molecular weight is 559 g/mol. The molecule has 4 aromatic rings. The number of carbonyl (C=O) groups excluding carboxylic acids is 3. The van der Waals surface area contributed by atoms with Gasteiger partial charge in [0.15, 0.2) is 11.5 Å². The van der Waals surface area contributed by atoms with E-state index in [1.54, 1.807) is 30.3 Å². The monoisotopic (exact) mass is 558 g/mol. The fourth-order valence-electron chi connectivity index (χ4n) is 5.90. The summed E-state index contributed by atoms with van der Waals surface area (Å²) >= 11 is 0. The van der Waals surface area contributed by atoms with Gasteiger partial charge in [-0.15, -0.1) is 0 Å². The molecule has 1 unspecified atom stereocenters. The Balaban J connectivity index is 1.62. The number of rotatable bonds is 8. The van der Waals surface area contributed by atoms with Gasteiger partial charge in [0.1, 0.15) is 5.69 Å². The molecule has 0 spiro atoms. The van der Waals surface area contributed by atoms with Crippen molar-refractivity contribution in [2.24, 2.45) is 11.8 Å². The topological polar surface area (TPSA) is 86.2 Å². The molecule has 0 fully saturated rings. The molecule has 212 valence electrons. The third-order valence-electron chi connectivity index (χ3n) is 8.24. The number of carbonyl (C=O) groups is 3. The van der Waals surface area contributed by atoms with Crippen LogP contribution in [0.3, 0.4) is 0 Å². The number of para-hydroxylation sites is 2. The third kappa shape index (κ3) is 4.55. The summed E-state index contributed by atoms with van der Waals surface area (Å²) in [6.45, 7) is 8.32. The molecule has 2 aliphatic rings. The highest BCUT2D eigenvalue weighted by molar-refractivity contribution is 6.26. The van der Waals surface area contributed by atoms with Crippen LogP contribution in [-0.4, -0.2) is 27.3 Å². The van der Waals surface area contributed by atoms with Crippen molar-refractivity contribution in [2.75, 3.05) is 0 Å². The van der Waals surface area contributed by atoms with Gasteiger partial charge in [0.25, 0.3) is 0 Å². The van der Waals surface area contributed by atoms with Gasteiger partial charge in [-0.05, 0) is 43.2 Å². The number of hydrogen-bond acceptors (Lipinski definition) is 6. The zero-order valence-corrected chi connectivity index (χ0v) is 24.4. The first-order chi connectivity index (χ1) is 20.2. The summed E-state index contributed by atoms with van der Waals surface area (Å²) in [6.07, 6.45) is 1.98. The van der Waals surface area contributed by atoms with Crippen LogP contribution in [0.25, 0.3) is 22.3 Å². The lowest BCUT2D eigenvalue weighted by molar-refractivity contribution is -0.00529. The predicted octanol–water partition coefficient (Wildman–Crippen LogP) is 7.91. The number of nitrogens with zero attached hydrogens (tertiary/aromatic N) is 2. The van der Waals surface area contributed by atoms with E-state index in [4.69, 9.17) is 14.7 Å². The van der Waals surface area contributed by atoms with E-state index < -0.39 is 5.60 Å². The van der Waals surface area contributed by atoms with Crippen molar-refractivity contribution in [3.8, 4) is 11.3 Å². The van der Waals surface area contributed by atoms with Crippen LogP contribution in [-0.2, 0) is 10.3 Å². The largest absolute Gasteiger partial charge is 0.468 e. The molecule has 0 saturated carbocycles. The minimum absolute atomic E-state index is 0.0447. The van der Waals surface area contributed by atoms with E-state index in [1.165, 1.54) is 0 Å². The summed E-state index contributed by atoms with van der Waals surface area (Å²) in [5, 5.41) is 0. The van der Waals surface area contributed by atoms with Crippen molar-refractivity contribution in [1.29, 1.82) is 0 Å². The van der Waals surface area contributed by atoms with E-state index in [9.17, 15) is 14.4 Å². The molecule has 3 aromatic carbocycles. The molecule has 2 aliphatic carbocycles. The number of aromatic nitrogens is 2. The molecule has 1 atom stereocenters. The lowest BCUT2D eigenvalue weighted by Gasteiger charge is -2.39. The fourth-order valence-corrected chi connectivity index (χ4v) is 5.90. The van der Waals surface area contributed by atoms with Crippen LogP contribution in [0.1, 0.15) is 90.1 Å². The lowest BCUT2D eigenvalue weighted by atomic mass is 9.75. The highest BCUT2D eigenvalue weighted by Gasteiger charge is 2.52. The Hall–Kier alpha value is -4.45. The first-order valence-electron chi connectivity index (χ1n) is 14.7. The molecule has 0 bridgehead atoms. The van der Waals surface area contributed by atoms with Gasteiger partial charge >= 0.3 is 0 Å². The first kappa shape index (κ1) is 27.7. The van der Waals surface area contributed by atoms with Crippen molar-refractivity contribution in [3.63, 3.8) is 0 Å². The number of ether oxygens (including phenoxy) is 1. The van der Waals surface area contributed by atoms with Gasteiger partial charge in [0.2, 0.25) is 17.2 Å². The van der Waals surface area contributed by atoms with Crippen molar-refractivity contribution in [1.82, 2.24) is 9.97 Å². The molecule has 6 rings (SSSR count). The van der Waals surface area contributed by atoms with Crippen LogP contribution in [0.4, 0.5) is 0 Å². The van der Waals surface area contributed by atoms with Crippen molar-refractivity contribution < 1.29 is 19.1 Å². The predicted molar refractivity (Wildman–Crippen MR) is 162 cm³/mol. The molecule has 42 heavy (non-hydrogen) atoms. The molecule has 6 heteroatoms. The highest BCUT2D eigenvalue weighted by Crippen LogP contribution is 2.48. The van der Waals surface area contributed by atoms with Crippen molar-refractivity contribution in [3.05, 3.63) is 107 Å². The molecule has 1 heterocycles. The fraction of sp³-hybridized carbons (Fsp3) is 0.306. The smallest absolute Gasteiger partial charge is 0.228 e. The highest BCUT2D eigenvalue weighted by atomic mass is 16.5. The summed E-state index contributed by atoms with van der Waals surface area (Å²) in [4.78, 5) is 52.8. The van der Waals surface area contributed by atoms with Crippen LogP contribution >= 0.6 is 0 Å². The zero-order valence-electron chi connectivity index (χ0n) is 24.4. The second-order valence-corrected chi connectivity index (χ2v) is 12.1. The number of allylic oxidation sites excluding steroid dienone is 2. The van der Waals surface area contributed by atoms with Crippen molar-refractivity contribution >= 4 is 28.4 Å².